The predicted molar refractivity (Wildman–Crippen MR) is 89.7 cm³/mol. The Bertz CT molecular complexity index is 487. The maximum absolute atomic E-state index is 12.7. The minimum Gasteiger partial charge on any atom is -0.339 e. The van der Waals surface area contributed by atoms with E-state index in [4.69, 9.17) is 0 Å². The highest BCUT2D eigenvalue weighted by Crippen LogP contribution is 2.14. The SMILES string of the molecule is Cc1cc(C)nc(CN(C)C(=O)[C@@H](C)N2CCCCCC2)c1. The van der Waals surface area contributed by atoms with Crippen molar-refractivity contribution in [2.45, 2.75) is 59.0 Å². The summed E-state index contributed by atoms with van der Waals surface area (Å²) >= 11 is 0. The van der Waals surface area contributed by atoms with Crippen LogP contribution in [0.25, 0.3) is 0 Å². The molecule has 1 aliphatic rings. The van der Waals surface area contributed by atoms with Crippen LogP contribution in [0.15, 0.2) is 12.1 Å². The molecule has 1 saturated heterocycles. The molecule has 4 nitrogen and oxygen atoms in total. The Morgan fingerprint density at radius 2 is 1.86 bits per heavy atom. The fraction of sp³-hybridized carbons (Fsp3) is 0.667. The second kappa shape index (κ2) is 7.73. The molecule has 1 atom stereocenters. The first-order valence-corrected chi connectivity index (χ1v) is 8.40. The van der Waals surface area contributed by atoms with E-state index in [-0.39, 0.29) is 11.9 Å². The molecule has 0 aliphatic carbocycles. The van der Waals surface area contributed by atoms with Gasteiger partial charge in [0.15, 0.2) is 0 Å². The van der Waals surface area contributed by atoms with Crippen molar-refractivity contribution in [3.63, 3.8) is 0 Å². The first-order chi connectivity index (χ1) is 10.5. The molecule has 2 heterocycles. The Labute approximate surface area is 134 Å². The Kier molecular flexibility index (Phi) is 5.95. The summed E-state index contributed by atoms with van der Waals surface area (Å²) in [7, 11) is 1.88. The smallest absolute Gasteiger partial charge is 0.239 e. The molecule has 122 valence electrons. The number of rotatable bonds is 4. The van der Waals surface area contributed by atoms with E-state index in [2.05, 4.69) is 28.9 Å². The molecule has 0 aromatic carbocycles. The maximum Gasteiger partial charge on any atom is 0.239 e. The number of carbonyl (C=O) groups excluding carboxylic acids is 1. The van der Waals surface area contributed by atoms with Crippen molar-refractivity contribution in [3.8, 4) is 0 Å². The lowest BCUT2D eigenvalue weighted by molar-refractivity contribution is -0.135. The first kappa shape index (κ1) is 16.9. The van der Waals surface area contributed by atoms with Gasteiger partial charge in [-0.05, 0) is 64.4 Å². The molecule has 22 heavy (non-hydrogen) atoms. The van der Waals surface area contributed by atoms with Crippen LogP contribution in [0.4, 0.5) is 0 Å². The molecule has 1 amide bonds. The van der Waals surface area contributed by atoms with Crippen molar-refractivity contribution < 1.29 is 4.79 Å². The van der Waals surface area contributed by atoms with Crippen LogP contribution in [0.3, 0.4) is 0 Å². The van der Waals surface area contributed by atoms with Crippen LogP contribution in [-0.4, -0.2) is 46.9 Å². The molecule has 1 aromatic heterocycles. The van der Waals surface area contributed by atoms with E-state index in [0.717, 1.165) is 24.5 Å². The second-order valence-corrected chi connectivity index (χ2v) is 6.60. The van der Waals surface area contributed by atoms with Crippen LogP contribution in [0.2, 0.25) is 0 Å². The summed E-state index contributed by atoms with van der Waals surface area (Å²) in [4.78, 5) is 21.4. The van der Waals surface area contributed by atoms with Gasteiger partial charge in [-0.3, -0.25) is 14.7 Å². The van der Waals surface area contributed by atoms with Crippen molar-refractivity contribution in [1.29, 1.82) is 0 Å². The summed E-state index contributed by atoms with van der Waals surface area (Å²) in [5.74, 6) is 0.197. The van der Waals surface area contributed by atoms with Crippen molar-refractivity contribution in [1.82, 2.24) is 14.8 Å². The van der Waals surface area contributed by atoms with E-state index in [1.54, 1.807) is 0 Å². The maximum atomic E-state index is 12.7. The van der Waals surface area contributed by atoms with Crippen LogP contribution in [0.1, 0.15) is 49.6 Å². The molecule has 0 bridgehead atoms. The normalized spacial score (nSPS) is 17.8. The summed E-state index contributed by atoms with van der Waals surface area (Å²) in [5, 5.41) is 0. The number of aromatic nitrogens is 1. The van der Waals surface area contributed by atoms with Gasteiger partial charge in [-0.15, -0.1) is 0 Å². The monoisotopic (exact) mass is 303 g/mol. The van der Waals surface area contributed by atoms with Gasteiger partial charge in [0.1, 0.15) is 0 Å². The highest BCUT2D eigenvalue weighted by Gasteiger charge is 2.24. The number of hydrogen-bond acceptors (Lipinski definition) is 3. The number of carbonyl (C=O) groups is 1. The number of pyridine rings is 1. The molecule has 0 saturated carbocycles. The summed E-state index contributed by atoms with van der Waals surface area (Å²) in [5.41, 5.74) is 3.18. The van der Waals surface area contributed by atoms with Crippen LogP contribution in [-0.2, 0) is 11.3 Å². The quantitative estimate of drug-likeness (QED) is 0.858. The lowest BCUT2D eigenvalue weighted by Gasteiger charge is -2.30. The Morgan fingerprint density at radius 1 is 1.23 bits per heavy atom. The number of likely N-dealkylation sites (tertiary alicyclic amines) is 1. The molecule has 1 aliphatic heterocycles. The number of amides is 1. The van der Waals surface area contributed by atoms with Crippen LogP contribution in [0, 0.1) is 13.8 Å². The van der Waals surface area contributed by atoms with E-state index in [1.807, 2.05) is 25.8 Å². The van der Waals surface area contributed by atoms with Gasteiger partial charge < -0.3 is 4.90 Å². The highest BCUT2D eigenvalue weighted by molar-refractivity contribution is 5.81. The van der Waals surface area contributed by atoms with Gasteiger partial charge in [-0.2, -0.15) is 0 Å². The predicted octanol–water partition coefficient (Wildman–Crippen LogP) is 2.92. The third kappa shape index (κ3) is 4.54. The molecular formula is C18H29N3O. The van der Waals surface area contributed by atoms with E-state index in [9.17, 15) is 4.79 Å². The Hall–Kier alpha value is -1.42. The van der Waals surface area contributed by atoms with Crippen molar-refractivity contribution >= 4 is 5.91 Å². The molecule has 0 N–H and O–H groups in total. The summed E-state index contributed by atoms with van der Waals surface area (Å²) in [6.45, 7) is 8.78. The number of hydrogen-bond donors (Lipinski definition) is 0. The van der Waals surface area contributed by atoms with Gasteiger partial charge in [0.2, 0.25) is 5.91 Å². The standard InChI is InChI=1S/C18H29N3O/c1-14-11-15(2)19-17(12-14)13-20(4)18(22)16(3)21-9-7-5-6-8-10-21/h11-12,16H,5-10,13H2,1-4H3/t16-/m1/s1. The molecular weight excluding hydrogens is 274 g/mol. The van der Waals surface area contributed by atoms with E-state index in [0.29, 0.717) is 6.54 Å². The Morgan fingerprint density at radius 3 is 2.45 bits per heavy atom. The lowest BCUT2D eigenvalue weighted by atomic mass is 10.2. The molecule has 0 unspecified atom stereocenters. The van der Waals surface area contributed by atoms with Gasteiger partial charge in [-0.25, -0.2) is 0 Å². The molecule has 0 radical (unpaired) electrons. The van der Waals surface area contributed by atoms with Gasteiger partial charge in [0.25, 0.3) is 0 Å². The zero-order valence-corrected chi connectivity index (χ0v) is 14.4. The average molecular weight is 303 g/mol. The van der Waals surface area contributed by atoms with Gasteiger partial charge in [0.05, 0.1) is 18.3 Å². The summed E-state index contributed by atoms with van der Waals surface area (Å²) in [6, 6.07) is 4.09. The topological polar surface area (TPSA) is 36.4 Å². The molecule has 2 rings (SSSR count). The third-order valence-corrected chi connectivity index (χ3v) is 4.47. The minimum atomic E-state index is -0.0333. The zero-order valence-electron chi connectivity index (χ0n) is 14.4. The van der Waals surface area contributed by atoms with Gasteiger partial charge in [0, 0.05) is 12.7 Å². The molecule has 0 spiro atoms. The first-order valence-electron chi connectivity index (χ1n) is 8.40. The van der Waals surface area contributed by atoms with Crippen molar-refractivity contribution in [3.05, 3.63) is 29.1 Å². The number of nitrogens with zero attached hydrogens (tertiary/aromatic N) is 3. The number of aryl methyl sites for hydroxylation is 2. The van der Waals surface area contributed by atoms with E-state index >= 15 is 0 Å². The van der Waals surface area contributed by atoms with Crippen LogP contribution < -0.4 is 0 Å². The average Bonchev–Trinajstić information content (AvgIpc) is 2.73. The van der Waals surface area contributed by atoms with Crippen molar-refractivity contribution in [2.75, 3.05) is 20.1 Å². The lowest BCUT2D eigenvalue weighted by Crippen LogP contribution is -2.46. The highest BCUT2D eigenvalue weighted by atomic mass is 16.2. The number of likely N-dealkylation sites (N-methyl/N-ethyl adjacent to an activating group) is 1. The van der Waals surface area contributed by atoms with E-state index < -0.39 is 0 Å². The fourth-order valence-electron chi connectivity index (χ4n) is 3.28. The fourth-order valence-corrected chi connectivity index (χ4v) is 3.28. The summed E-state index contributed by atoms with van der Waals surface area (Å²) < 4.78 is 0. The third-order valence-electron chi connectivity index (χ3n) is 4.47. The van der Waals surface area contributed by atoms with E-state index in [1.165, 1.54) is 31.2 Å². The molecule has 1 fully saturated rings. The Balaban J connectivity index is 1.98. The van der Waals surface area contributed by atoms with Crippen LogP contribution >= 0.6 is 0 Å². The molecule has 1 aromatic rings. The molecule has 4 heteroatoms. The second-order valence-electron chi connectivity index (χ2n) is 6.60. The largest absolute Gasteiger partial charge is 0.339 e. The zero-order chi connectivity index (χ0) is 16.1. The van der Waals surface area contributed by atoms with Gasteiger partial charge in [-0.1, -0.05) is 12.8 Å². The van der Waals surface area contributed by atoms with Gasteiger partial charge >= 0.3 is 0 Å². The summed E-state index contributed by atoms with van der Waals surface area (Å²) in [6.07, 6.45) is 5.00. The minimum absolute atomic E-state index is 0.0333. The van der Waals surface area contributed by atoms with Crippen molar-refractivity contribution in [2.24, 2.45) is 0 Å². The van der Waals surface area contributed by atoms with Crippen LogP contribution in [0.5, 0.6) is 0 Å².